The van der Waals surface area contributed by atoms with Crippen LogP contribution in [0, 0.1) is 0 Å². The van der Waals surface area contributed by atoms with Crippen LogP contribution in [0.25, 0.3) is 0 Å². The van der Waals surface area contributed by atoms with Gasteiger partial charge in [0.2, 0.25) is 0 Å². The SMILES string of the molecule is CC(C)(O)CN1CCc2c(ncn2C2CC2)C1. The zero-order valence-corrected chi connectivity index (χ0v) is 10.7. The highest BCUT2D eigenvalue weighted by atomic mass is 16.3. The number of aromatic nitrogens is 2. The standard InChI is InChI=1S/C13H21N3O/c1-13(2,17)8-15-6-5-12-11(7-15)14-9-16(12)10-3-4-10/h9-10,17H,3-8H2,1-2H3. The number of imidazole rings is 1. The van der Waals surface area contributed by atoms with Gasteiger partial charge < -0.3 is 9.67 Å². The molecule has 1 fully saturated rings. The van der Waals surface area contributed by atoms with E-state index < -0.39 is 5.60 Å². The number of hydrogen-bond acceptors (Lipinski definition) is 3. The van der Waals surface area contributed by atoms with Crippen LogP contribution in [0.2, 0.25) is 0 Å². The molecule has 1 aromatic rings. The number of β-amino-alcohol motifs (C(OH)–C–C–N with tert-alkyl or cyclic N) is 1. The van der Waals surface area contributed by atoms with Crippen molar-refractivity contribution in [2.24, 2.45) is 0 Å². The normalized spacial score (nSPS) is 21.6. The molecule has 0 unspecified atom stereocenters. The molecule has 3 rings (SSSR count). The quantitative estimate of drug-likeness (QED) is 0.859. The number of fused-ring (bicyclic) bond motifs is 1. The highest BCUT2D eigenvalue weighted by Gasteiger charge is 2.30. The van der Waals surface area contributed by atoms with Crippen molar-refractivity contribution >= 4 is 0 Å². The molecule has 0 spiro atoms. The topological polar surface area (TPSA) is 41.3 Å². The molecule has 2 aliphatic rings. The van der Waals surface area contributed by atoms with Crippen LogP contribution >= 0.6 is 0 Å². The van der Waals surface area contributed by atoms with Crippen molar-refractivity contribution < 1.29 is 5.11 Å². The second kappa shape index (κ2) is 3.82. The molecule has 1 saturated carbocycles. The van der Waals surface area contributed by atoms with Crippen LogP contribution in [-0.4, -0.2) is 38.2 Å². The lowest BCUT2D eigenvalue weighted by molar-refractivity contribution is 0.0311. The maximum absolute atomic E-state index is 9.85. The Bertz CT molecular complexity index is 415. The van der Waals surface area contributed by atoms with E-state index in [9.17, 15) is 5.11 Å². The summed E-state index contributed by atoms with van der Waals surface area (Å²) in [5.41, 5.74) is 2.03. The first kappa shape index (κ1) is 11.2. The lowest BCUT2D eigenvalue weighted by atomic mass is 10.1. The second-order valence-electron chi connectivity index (χ2n) is 6.05. The first-order valence-electron chi connectivity index (χ1n) is 6.52. The zero-order valence-electron chi connectivity index (χ0n) is 10.7. The van der Waals surface area contributed by atoms with Crippen LogP contribution in [0.3, 0.4) is 0 Å². The van der Waals surface area contributed by atoms with E-state index in [-0.39, 0.29) is 0 Å². The number of rotatable bonds is 3. The minimum Gasteiger partial charge on any atom is -0.389 e. The summed E-state index contributed by atoms with van der Waals surface area (Å²) < 4.78 is 2.37. The second-order valence-corrected chi connectivity index (χ2v) is 6.05. The van der Waals surface area contributed by atoms with Gasteiger partial charge in [-0.05, 0) is 26.7 Å². The summed E-state index contributed by atoms with van der Waals surface area (Å²) in [5, 5.41) is 9.85. The van der Waals surface area contributed by atoms with Crippen LogP contribution in [0.4, 0.5) is 0 Å². The van der Waals surface area contributed by atoms with E-state index in [1.807, 2.05) is 20.2 Å². The maximum Gasteiger partial charge on any atom is 0.0954 e. The van der Waals surface area contributed by atoms with Crippen LogP contribution in [0.15, 0.2) is 6.33 Å². The van der Waals surface area contributed by atoms with Gasteiger partial charge in [0.05, 0.1) is 17.6 Å². The highest BCUT2D eigenvalue weighted by Crippen LogP contribution is 2.37. The van der Waals surface area contributed by atoms with Crippen molar-refractivity contribution in [3.05, 3.63) is 17.7 Å². The Labute approximate surface area is 102 Å². The highest BCUT2D eigenvalue weighted by molar-refractivity contribution is 5.18. The molecule has 1 aliphatic carbocycles. The van der Waals surface area contributed by atoms with Crippen molar-refractivity contribution in [3.8, 4) is 0 Å². The Morgan fingerprint density at radius 3 is 2.88 bits per heavy atom. The minimum absolute atomic E-state index is 0.615. The van der Waals surface area contributed by atoms with Crippen LogP contribution in [-0.2, 0) is 13.0 Å². The van der Waals surface area contributed by atoms with Crippen LogP contribution in [0.1, 0.15) is 44.1 Å². The molecule has 1 aliphatic heterocycles. The van der Waals surface area contributed by atoms with Crippen molar-refractivity contribution in [2.75, 3.05) is 13.1 Å². The van der Waals surface area contributed by atoms with E-state index in [4.69, 9.17) is 0 Å². The molecule has 17 heavy (non-hydrogen) atoms. The van der Waals surface area contributed by atoms with E-state index in [0.717, 1.165) is 32.1 Å². The molecule has 0 saturated heterocycles. The van der Waals surface area contributed by atoms with Crippen molar-refractivity contribution in [3.63, 3.8) is 0 Å². The third-order valence-electron chi connectivity index (χ3n) is 3.57. The summed E-state index contributed by atoms with van der Waals surface area (Å²) in [6.45, 7) is 6.38. The van der Waals surface area contributed by atoms with E-state index in [2.05, 4.69) is 14.5 Å². The fraction of sp³-hybridized carbons (Fsp3) is 0.769. The molecule has 1 N–H and O–H groups in total. The summed E-state index contributed by atoms with van der Waals surface area (Å²) in [6.07, 6.45) is 5.71. The molecule has 0 atom stereocenters. The predicted molar refractivity (Wildman–Crippen MR) is 65.8 cm³/mol. The zero-order chi connectivity index (χ0) is 12.0. The molecular formula is C13H21N3O. The molecule has 4 heteroatoms. The van der Waals surface area contributed by atoms with Gasteiger partial charge in [0.15, 0.2) is 0 Å². The van der Waals surface area contributed by atoms with Crippen molar-refractivity contribution in [1.29, 1.82) is 0 Å². The molecule has 2 heterocycles. The summed E-state index contributed by atoms with van der Waals surface area (Å²) in [7, 11) is 0. The van der Waals surface area contributed by atoms with Crippen molar-refractivity contribution in [1.82, 2.24) is 14.5 Å². The Hall–Kier alpha value is -0.870. The molecule has 0 aromatic carbocycles. The molecule has 0 bridgehead atoms. The summed E-state index contributed by atoms with van der Waals surface area (Å²) in [5.74, 6) is 0. The third-order valence-corrected chi connectivity index (χ3v) is 3.57. The first-order chi connectivity index (χ1) is 8.03. The largest absolute Gasteiger partial charge is 0.389 e. The van der Waals surface area contributed by atoms with E-state index >= 15 is 0 Å². The molecule has 0 amide bonds. The number of aliphatic hydroxyl groups is 1. The molecule has 1 aromatic heterocycles. The third kappa shape index (κ3) is 2.38. The average molecular weight is 235 g/mol. The van der Waals surface area contributed by atoms with E-state index in [0.29, 0.717) is 0 Å². The van der Waals surface area contributed by atoms with Crippen molar-refractivity contribution in [2.45, 2.75) is 51.3 Å². The lowest BCUT2D eigenvalue weighted by Gasteiger charge is -2.31. The van der Waals surface area contributed by atoms with Gasteiger partial charge in [-0.15, -0.1) is 0 Å². The van der Waals surface area contributed by atoms with E-state index in [1.54, 1.807) is 0 Å². The van der Waals surface area contributed by atoms with Crippen LogP contribution < -0.4 is 0 Å². The van der Waals surface area contributed by atoms with Gasteiger partial charge in [0, 0.05) is 37.8 Å². The van der Waals surface area contributed by atoms with Gasteiger partial charge in [-0.1, -0.05) is 0 Å². The molecule has 0 radical (unpaired) electrons. The molecular weight excluding hydrogens is 214 g/mol. The minimum atomic E-state index is -0.615. The van der Waals surface area contributed by atoms with Gasteiger partial charge in [-0.25, -0.2) is 4.98 Å². The Morgan fingerprint density at radius 2 is 2.24 bits per heavy atom. The summed E-state index contributed by atoms with van der Waals surface area (Å²) in [4.78, 5) is 6.84. The maximum atomic E-state index is 9.85. The number of nitrogens with zero attached hydrogens (tertiary/aromatic N) is 3. The summed E-state index contributed by atoms with van der Waals surface area (Å²) >= 11 is 0. The lowest BCUT2D eigenvalue weighted by Crippen LogP contribution is -2.41. The average Bonchev–Trinajstić information content (AvgIpc) is 2.97. The van der Waals surface area contributed by atoms with Gasteiger partial charge in [0.25, 0.3) is 0 Å². The van der Waals surface area contributed by atoms with E-state index in [1.165, 1.54) is 24.2 Å². The Kier molecular flexibility index (Phi) is 2.52. The smallest absolute Gasteiger partial charge is 0.0954 e. The fourth-order valence-electron chi connectivity index (χ4n) is 2.74. The van der Waals surface area contributed by atoms with Crippen LogP contribution in [0.5, 0.6) is 0 Å². The first-order valence-corrected chi connectivity index (χ1v) is 6.52. The Balaban J connectivity index is 1.73. The monoisotopic (exact) mass is 235 g/mol. The van der Waals surface area contributed by atoms with Gasteiger partial charge >= 0.3 is 0 Å². The molecule has 4 nitrogen and oxygen atoms in total. The van der Waals surface area contributed by atoms with Gasteiger partial charge in [-0.2, -0.15) is 0 Å². The Morgan fingerprint density at radius 1 is 1.47 bits per heavy atom. The fourth-order valence-corrected chi connectivity index (χ4v) is 2.74. The van der Waals surface area contributed by atoms with Gasteiger partial charge in [0.1, 0.15) is 0 Å². The number of hydrogen-bond donors (Lipinski definition) is 1. The summed E-state index contributed by atoms with van der Waals surface area (Å²) in [6, 6.07) is 0.729. The van der Waals surface area contributed by atoms with Gasteiger partial charge in [-0.3, -0.25) is 4.90 Å². The molecule has 94 valence electrons. The predicted octanol–water partition coefficient (Wildman–Crippen LogP) is 1.35.